The minimum Gasteiger partial charge on any atom is -0.467 e. The summed E-state index contributed by atoms with van der Waals surface area (Å²) in [4.78, 5) is 42.1. The number of benzene rings is 2. The summed E-state index contributed by atoms with van der Waals surface area (Å²) in [5, 5.41) is 0. The lowest BCUT2D eigenvalue weighted by molar-refractivity contribution is -0.122. The summed E-state index contributed by atoms with van der Waals surface area (Å²) in [7, 11) is 0. The SMILES string of the molecule is Cc1ccc(N2C(=O)CC(N(Cc3ccco3)C(=O)c3ccccc3C)C2=O)cc1. The smallest absolute Gasteiger partial charge is 0.257 e. The van der Waals surface area contributed by atoms with E-state index >= 15 is 0 Å². The highest BCUT2D eigenvalue weighted by Crippen LogP contribution is 2.28. The molecule has 3 aromatic rings. The Morgan fingerprint density at radius 3 is 2.43 bits per heavy atom. The first-order chi connectivity index (χ1) is 14.5. The molecule has 1 atom stereocenters. The summed E-state index contributed by atoms with van der Waals surface area (Å²) in [6.45, 7) is 3.89. The van der Waals surface area contributed by atoms with Crippen LogP contribution in [0.3, 0.4) is 0 Å². The summed E-state index contributed by atoms with van der Waals surface area (Å²) < 4.78 is 5.42. The molecule has 1 unspecified atom stereocenters. The Morgan fingerprint density at radius 1 is 1.03 bits per heavy atom. The van der Waals surface area contributed by atoms with E-state index in [1.165, 1.54) is 16.1 Å². The zero-order chi connectivity index (χ0) is 21.3. The van der Waals surface area contributed by atoms with E-state index < -0.39 is 11.9 Å². The first kappa shape index (κ1) is 19.6. The van der Waals surface area contributed by atoms with Crippen LogP contribution in [-0.2, 0) is 16.1 Å². The van der Waals surface area contributed by atoms with E-state index in [-0.39, 0.29) is 24.8 Å². The van der Waals surface area contributed by atoms with Crippen molar-refractivity contribution in [3.8, 4) is 0 Å². The van der Waals surface area contributed by atoms with Crippen LogP contribution in [0.5, 0.6) is 0 Å². The highest BCUT2D eigenvalue weighted by molar-refractivity contribution is 6.23. The minimum absolute atomic E-state index is 0.0644. The summed E-state index contributed by atoms with van der Waals surface area (Å²) in [5.74, 6) is -0.486. The molecule has 1 aliphatic heterocycles. The van der Waals surface area contributed by atoms with Gasteiger partial charge in [0.15, 0.2) is 0 Å². The number of carbonyl (C=O) groups is 3. The highest BCUT2D eigenvalue weighted by Gasteiger charge is 2.44. The first-order valence-electron chi connectivity index (χ1n) is 9.78. The fourth-order valence-corrected chi connectivity index (χ4v) is 3.69. The first-order valence-corrected chi connectivity index (χ1v) is 9.78. The molecule has 3 amide bonds. The molecule has 0 saturated carbocycles. The van der Waals surface area contributed by atoms with Crippen LogP contribution in [0.4, 0.5) is 5.69 Å². The Morgan fingerprint density at radius 2 is 1.77 bits per heavy atom. The molecule has 0 N–H and O–H groups in total. The molecule has 4 rings (SSSR count). The monoisotopic (exact) mass is 402 g/mol. The largest absolute Gasteiger partial charge is 0.467 e. The van der Waals surface area contributed by atoms with Gasteiger partial charge in [-0.2, -0.15) is 0 Å². The Kier molecular flexibility index (Phi) is 5.23. The van der Waals surface area contributed by atoms with Crippen LogP contribution in [0, 0.1) is 13.8 Å². The van der Waals surface area contributed by atoms with E-state index in [0.717, 1.165) is 11.1 Å². The fourth-order valence-electron chi connectivity index (χ4n) is 3.69. The maximum Gasteiger partial charge on any atom is 0.257 e. The third kappa shape index (κ3) is 3.64. The summed E-state index contributed by atoms with van der Waals surface area (Å²) in [5.41, 5.74) is 2.85. The van der Waals surface area contributed by atoms with Crippen molar-refractivity contribution in [1.29, 1.82) is 0 Å². The van der Waals surface area contributed by atoms with Gasteiger partial charge in [-0.05, 0) is 49.7 Å². The third-order valence-corrected chi connectivity index (χ3v) is 5.33. The highest BCUT2D eigenvalue weighted by atomic mass is 16.3. The average molecular weight is 402 g/mol. The predicted molar refractivity (Wildman–Crippen MR) is 112 cm³/mol. The maximum absolute atomic E-state index is 13.4. The number of amides is 3. The van der Waals surface area contributed by atoms with Crippen molar-refractivity contribution < 1.29 is 18.8 Å². The number of nitrogens with zero attached hydrogens (tertiary/aromatic N) is 2. The normalized spacial score (nSPS) is 16.2. The van der Waals surface area contributed by atoms with E-state index in [9.17, 15) is 14.4 Å². The average Bonchev–Trinajstić information content (AvgIpc) is 3.35. The lowest BCUT2D eigenvalue weighted by Gasteiger charge is -2.27. The van der Waals surface area contributed by atoms with Crippen LogP contribution in [0.1, 0.15) is 33.7 Å². The van der Waals surface area contributed by atoms with Gasteiger partial charge >= 0.3 is 0 Å². The van der Waals surface area contributed by atoms with Crippen molar-refractivity contribution in [2.45, 2.75) is 32.9 Å². The number of furan rings is 1. The van der Waals surface area contributed by atoms with E-state index in [0.29, 0.717) is 17.0 Å². The molecule has 0 bridgehead atoms. The molecule has 152 valence electrons. The predicted octanol–water partition coefficient (Wildman–Crippen LogP) is 3.87. The summed E-state index contributed by atoms with van der Waals surface area (Å²) >= 11 is 0. The molecule has 1 aromatic heterocycles. The number of rotatable bonds is 5. The molecule has 1 aliphatic rings. The zero-order valence-corrected chi connectivity index (χ0v) is 16.9. The number of anilines is 1. The van der Waals surface area contributed by atoms with Gasteiger partial charge in [0.25, 0.3) is 11.8 Å². The van der Waals surface area contributed by atoms with Crippen LogP contribution in [-0.4, -0.2) is 28.7 Å². The molecule has 0 spiro atoms. The number of hydrogen-bond donors (Lipinski definition) is 0. The van der Waals surface area contributed by atoms with Crippen molar-refractivity contribution in [1.82, 2.24) is 4.90 Å². The maximum atomic E-state index is 13.4. The molecule has 6 heteroatoms. The van der Waals surface area contributed by atoms with Crippen LogP contribution >= 0.6 is 0 Å². The van der Waals surface area contributed by atoms with Crippen LogP contribution in [0.15, 0.2) is 71.3 Å². The van der Waals surface area contributed by atoms with Gasteiger partial charge in [0.1, 0.15) is 11.8 Å². The van der Waals surface area contributed by atoms with Crippen LogP contribution in [0.25, 0.3) is 0 Å². The van der Waals surface area contributed by atoms with Gasteiger partial charge in [-0.15, -0.1) is 0 Å². The third-order valence-electron chi connectivity index (χ3n) is 5.33. The number of aryl methyl sites for hydroxylation is 2. The molecule has 0 radical (unpaired) electrons. The van der Waals surface area contributed by atoms with Gasteiger partial charge in [0, 0.05) is 5.56 Å². The second-order valence-corrected chi connectivity index (χ2v) is 7.45. The Bertz CT molecular complexity index is 1090. The molecule has 0 aliphatic carbocycles. The van der Waals surface area contributed by atoms with Crippen molar-refractivity contribution >= 4 is 23.4 Å². The summed E-state index contributed by atoms with van der Waals surface area (Å²) in [6.07, 6.45) is 1.46. The van der Waals surface area contributed by atoms with Gasteiger partial charge in [-0.1, -0.05) is 35.9 Å². The Labute approximate surface area is 174 Å². The number of hydrogen-bond acceptors (Lipinski definition) is 4. The molecular weight excluding hydrogens is 380 g/mol. The summed E-state index contributed by atoms with van der Waals surface area (Å²) in [6, 6.07) is 17.0. The molecule has 1 saturated heterocycles. The van der Waals surface area contributed by atoms with Gasteiger partial charge < -0.3 is 9.32 Å². The van der Waals surface area contributed by atoms with E-state index in [1.807, 2.05) is 38.1 Å². The Balaban J connectivity index is 1.69. The minimum atomic E-state index is -0.893. The molecule has 2 aromatic carbocycles. The van der Waals surface area contributed by atoms with Crippen molar-refractivity contribution in [3.05, 3.63) is 89.4 Å². The fraction of sp³-hybridized carbons (Fsp3) is 0.208. The van der Waals surface area contributed by atoms with E-state index in [1.54, 1.807) is 36.4 Å². The van der Waals surface area contributed by atoms with Gasteiger partial charge in [-0.3, -0.25) is 14.4 Å². The van der Waals surface area contributed by atoms with Crippen molar-refractivity contribution in [2.75, 3.05) is 4.90 Å². The standard InChI is InChI=1S/C24H22N2O4/c1-16-9-11-18(12-10-16)26-22(27)14-21(24(26)29)25(15-19-7-5-13-30-19)23(28)20-8-4-3-6-17(20)2/h3-13,21H,14-15H2,1-2H3. The van der Waals surface area contributed by atoms with Crippen molar-refractivity contribution in [2.24, 2.45) is 0 Å². The van der Waals surface area contributed by atoms with Crippen molar-refractivity contribution in [3.63, 3.8) is 0 Å². The number of imide groups is 1. The zero-order valence-electron chi connectivity index (χ0n) is 16.9. The lowest BCUT2D eigenvalue weighted by Crippen LogP contribution is -2.45. The van der Waals surface area contributed by atoms with E-state index in [4.69, 9.17) is 4.42 Å². The van der Waals surface area contributed by atoms with Gasteiger partial charge in [0.2, 0.25) is 5.91 Å². The molecule has 2 heterocycles. The van der Waals surface area contributed by atoms with Crippen LogP contribution in [0.2, 0.25) is 0 Å². The second-order valence-electron chi connectivity index (χ2n) is 7.45. The lowest BCUT2D eigenvalue weighted by atomic mass is 10.1. The molecule has 30 heavy (non-hydrogen) atoms. The quantitative estimate of drug-likeness (QED) is 0.608. The van der Waals surface area contributed by atoms with Crippen LogP contribution < -0.4 is 4.90 Å². The van der Waals surface area contributed by atoms with E-state index in [2.05, 4.69) is 0 Å². The Hall–Kier alpha value is -3.67. The van der Waals surface area contributed by atoms with Gasteiger partial charge in [0.05, 0.1) is 24.9 Å². The molecule has 6 nitrogen and oxygen atoms in total. The molecule has 1 fully saturated rings. The number of carbonyl (C=O) groups excluding carboxylic acids is 3. The topological polar surface area (TPSA) is 70.8 Å². The second kappa shape index (κ2) is 7.99. The van der Waals surface area contributed by atoms with Gasteiger partial charge in [-0.25, -0.2) is 4.90 Å². The molecular formula is C24H22N2O4.